The Hall–Kier alpha value is -3.40. The Kier molecular flexibility index (Phi) is 7.63. The van der Waals surface area contributed by atoms with E-state index in [0.29, 0.717) is 40.8 Å². The molecule has 3 aromatic rings. The first kappa shape index (κ1) is 25.7. The average molecular weight is 528 g/mol. The molecule has 0 spiro atoms. The minimum absolute atomic E-state index is 0.0914. The Balaban J connectivity index is 1.54. The highest BCUT2D eigenvalue weighted by Gasteiger charge is 2.27. The van der Waals surface area contributed by atoms with Gasteiger partial charge in [0.1, 0.15) is 5.75 Å². The molecule has 2 amide bonds. The molecule has 36 heavy (non-hydrogen) atoms. The summed E-state index contributed by atoms with van der Waals surface area (Å²) in [5, 5.41) is 3.35. The number of anilines is 2. The Morgan fingerprint density at radius 3 is 2.42 bits per heavy atom. The Labute approximate surface area is 215 Å². The van der Waals surface area contributed by atoms with E-state index in [1.807, 2.05) is 18.2 Å². The maximum absolute atomic E-state index is 12.9. The van der Waals surface area contributed by atoms with Crippen LogP contribution in [0.5, 0.6) is 5.75 Å². The number of amides is 2. The Morgan fingerprint density at radius 2 is 1.75 bits per heavy atom. The molecule has 1 aliphatic heterocycles. The number of fused-ring (bicyclic) bond motifs is 1. The van der Waals surface area contributed by atoms with Crippen LogP contribution >= 0.6 is 11.6 Å². The van der Waals surface area contributed by atoms with Crippen molar-refractivity contribution >= 4 is 44.8 Å². The van der Waals surface area contributed by atoms with Crippen LogP contribution in [0, 0.1) is 0 Å². The first-order valence-corrected chi connectivity index (χ1v) is 13.3. The summed E-state index contributed by atoms with van der Waals surface area (Å²) >= 11 is 6.29. The molecule has 1 N–H and O–H groups in total. The molecule has 0 aromatic heterocycles. The van der Waals surface area contributed by atoms with Gasteiger partial charge >= 0.3 is 0 Å². The minimum atomic E-state index is -3.61. The van der Waals surface area contributed by atoms with Gasteiger partial charge < -0.3 is 15.0 Å². The van der Waals surface area contributed by atoms with Crippen molar-refractivity contribution in [3.8, 4) is 5.75 Å². The molecule has 0 radical (unpaired) electrons. The van der Waals surface area contributed by atoms with E-state index in [-0.39, 0.29) is 24.0 Å². The molecule has 1 heterocycles. The number of carbonyl (C=O) groups excluding carboxylic acids is 2. The largest absolute Gasteiger partial charge is 0.482 e. The van der Waals surface area contributed by atoms with Crippen LogP contribution in [-0.4, -0.2) is 44.2 Å². The van der Waals surface area contributed by atoms with Crippen molar-refractivity contribution in [3.63, 3.8) is 0 Å². The summed E-state index contributed by atoms with van der Waals surface area (Å²) in [5.41, 5.74) is 2.06. The van der Waals surface area contributed by atoms with Crippen LogP contribution in [0.2, 0.25) is 5.02 Å². The summed E-state index contributed by atoms with van der Waals surface area (Å²) < 4.78 is 32.3. The number of carbonyl (C=O) groups is 2. The van der Waals surface area contributed by atoms with E-state index in [9.17, 15) is 18.0 Å². The van der Waals surface area contributed by atoms with Gasteiger partial charge in [-0.25, -0.2) is 8.42 Å². The highest BCUT2D eigenvalue weighted by atomic mass is 35.5. The van der Waals surface area contributed by atoms with Gasteiger partial charge in [0.25, 0.3) is 11.8 Å². The van der Waals surface area contributed by atoms with Gasteiger partial charge in [-0.3, -0.25) is 9.59 Å². The molecule has 4 rings (SSSR count). The second kappa shape index (κ2) is 10.7. The maximum atomic E-state index is 12.9. The molecule has 0 fully saturated rings. The van der Waals surface area contributed by atoms with E-state index in [1.165, 1.54) is 28.6 Å². The lowest BCUT2D eigenvalue weighted by atomic mass is 10.1. The fourth-order valence-electron chi connectivity index (χ4n) is 3.94. The molecule has 10 heteroatoms. The molecular weight excluding hydrogens is 502 g/mol. The highest BCUT2D eigenvalue weighted by Crippen LogP contribution is 2.36. The van der Waals surface area contributed by atoms with E-state index in [4.69, 9.17) is 16.3 Å². The van der Waals surface area contributed by atoms with Crippen LogP contribution < -0.4 is 15.0 Å². The van der Waals surface area contributed by atoms with Gasteiger partial charge in [-0.05, 0) is 54.1 Å². The fraction of sp³-hybridized carbons (Fsp3) is 0.231. The molecule has 3 aromatic carbocycles. The molecule has 1 aliphatic rings. The molecule has 8 nitrogen and oxygen atoms in total. The average Bonchev–Trinajstić information content (AvgIpc) is 2.87. The van der Waals surface area contributed by atoms with Crippen molar-refractivity contribution < 1.29 is 22.7 Å². The molecule has 188 valence electrons. The zero-order chi connectivity index (χ0) is 25.9. The van der Waals surface area contributed by atoms with Crippen molar-refractivity contribution in [1.82, 2.24) is 4.31 Å². The summed E-state index contributed by atoms with van der Waals surface area (Å²) in [6.45, 7) is 4.43. The number of benzene rings is 3. The topological polar surface area (TPSA) is 96.0 Å². The Morgan fingerprint density at radius 1 is 1.06 bits per heavy atom. The quantitative estimate of drug-likeness (QED) is 0.463. The van der Waals surface area contributed by atoms with Gasteiger partial charge in [0.15, 0.2) is 6.61 Å². The van der Waals surface area contributed by atoms with Crippen LogP contribution in [0.25, 0.3) is 0 Å². The van der Waals surface area contributed by atoms with E-state index in [0.717, 1.165) is 5.56 Å². The molecule has 0 saturated heterocycles. The smallest absolute Gasteiger partial charge is 0.265 e. The summed E-state index contributed by atoms with van der Waals surface area (Å²) in [7, 11) is -3.61. The van der Waals surface area contributed by atoms with Crippen LogP contribution in [0.3, 0.4) is 0 Å². The number of halogens is 1. The monoisotopic (exact) mass is 527 g/mol. The zero-order valence-corrected chi connectivity index (χ0v) is 21.5. The van der Waals surface area contributed by atoms with Crippen molar-refractivity contribution in [1.29, 1.82) is 0 Å². The van der Waals surface area contributed by atoms with Crippen LogP contribution in [0.1, 0.15) is 29.8 Å². The van der Waals surface area contributed by atoms with Gasteiger partial charge in [-0.15, -0.1) is 0 Å². The van der Waals surface area contributed by atoms with Crippen molar-refractivity contribution in [2.24, 2.45) is 0 Å². The van der Waals surface area contributed by atoms with Crippen LogP contribution in [0.4, 0.5) is 11.4 Å². The maximum Gasteiger partial charge on any atom is 0.265 e. The summed E-state index contributed by atoms with van der Waals surface area (Å²) in [6.07, 6.45) is 0. The van der Waals surface area contributed by atoms with Gasteiger partial charge in [0.05, 0.1) is 17.1 Å². The van der Waals surface area contributed by atoms with Gasteiger partial charge in [0, 0.05) is 29.4 Å². The summed E-state index contributed by atoms with van der Waals surface area (Å²) in [6, 6.07) is 18.1. The molecule has 0 atom stereocenters. The first-order valence-electron chi connectivity index (χ1n) is 11.5. The van der Waals surface area contributed by atoms with Crippen molar-refractivity contribution in [2.75, 3.05) is 29.9 Å². The fourth-order valence-corrected chi connectivity index (χ4v) is 5.60. The predicted octanol–water partition coefficient (Wildman–Crippen LogP) is 4.55. The second-order valence-corrected chi connectivity index (χ2v) is 10.5. The highest BCUT2D eigenvalue weighted by molar-refractivity contribution is 7.89. The summed E-state index contributed by atoms with van der Waals surface area (Å²) in [5.74, 6) is -0.121. The van der Waals surface area contributed by atoms with Crippen LogP contribution in [-0.2, 0) is 21.4 Å². The second-order valence-electron chi connectivity index (χ2n) is 8.11. The predicted molar refractivity (Wildman–Crippen MR) is 139 cm³/mol. The van der Waals surface area contributed by atoms with E-state index in [1.54, 1.807) is 43.0 Å². The number of sulfonamides is 1. The zero-order valence-electron chi connectivity index (χ0n) is 19.9. The molecule has 0 unspecified atom stereocenters. The third-order valence-electron chi connectivity index (χ3n) is 5.91. The number of nitrogens with one attached hydrogen (secondary N) is 1. The third-order valence-corrected chi connectivity index (χ3v) is 8.34. The summed E-state index contributed by atoms with van der Waals surface area (Å²) in [4.78, 5) is 27.2. The van der Waals surface area contributed by atoms with Gasteiger partial charge in [0.2, 0.25) is 10.0 Å². The lowest BCUT2D eigenvalue weighted by Gasteiger charge is -2.30. The first-order chi connectivity index (χ1) is 17.2. The molecule has 0 bridgehead atoms. The van der Waals surface area contributed by atoms with Gasteiger partial charge in [-0.2, -0.15) is 4.31 Å². The number of ether oxygens (including phenoxy) is 1. The van der Waals surface area contributed by atoms with Crippen molar-refractivity contribution in [3.05, 3.63) is 82.9 Å². The molecule has 0 aliphatic carbocycles. The minimum Gasteiger partial charge on any atom is -0.482 e. The van der Waals surface area contributed by atoms with Gasteiger partial charge in [-0.1, -0.05) is 43.6 Å². The van der Waals surface area contributed by atoms with E-state index >= 15 is 0 Å². The molecule has 0 saturated carbocycles. The van der Waals surface area contributed by atoms with Crippen LogP contribution in [0.15, 0.2) is 71.6 Å². The SMILES string of the molecule is CCN(CC)S(=O)(=O)c1ccc(C(=O)Nc2ccc3c(c2)N(Cc2ccccc2Cl)C(=O)CO3)cc1. The normalized spacial score (nSPS) is 13.3. The lowest BCUT2D eigenvalue weighted by Crippen LogP contribution is -2.38. The van der Waals surface area contributed by atoms with E-state index in [2.05, 4.69) is 5.32 Å². The standard InChI is InChI=1S/C26H26ClN3O5S/c1-3-29(4-2)36(33,34)21-12-9-18(10-13-21)26(32)28-20-11-14-24-23(15-20)30(25(31)17-35-24)16-19-7-5-6-8-22(19)27/h5-15H,3-4,16-17H2,1-2H3,(H,28,32). The number of nitrogens with zero attached hydrogens (tertiary/aromatic N) is 2. The third kappa shape index (κ3) is 5.23. The van der Waals surface area contributed by atoms with Crippen molar-refractivity contribution in [2.45, 2.75) is 25.3 Å². The molecular formula is C26H26ClN3O5S. The number of hydrogen-bond donors (Lipinski definition) is 1. The number of rotatable bonds is 8. The number of hydrogen-bond acceptors (Lipinski definition) is 5. The lowest BCUT2D eigenvalue weighted by molar-refractivity contribution is -0.121. The Bertz CT molecular complexity index is 1390. The van der Waals surface area contributed by atoms with E-state index < -0.39 is 15.9 Å².